The van der Waals surface area contributed by atoms with Gasteiger partial charge in [0.15, 0.2) is 6.10 Å². The molecule has 3 unspecified atom stereocenters. The van der Waals surface area contributed by atoms with Gasteiger partial charge in [-0.3, -0.25) is 4.79 Å². The number of carbonyl (C=O) groups excluding carboxylic acids is 1. The minimum atomic E-state index is -0.491. The van der Waals surface area contributed by atoms with Gasteiger partial charge in [-0.25, -0.2) is 0 Å². The van der Waals surface area contributed by atoms with Crippen LogP contribution < -0.4 is 15.8 Å². The summed E-state index contributed by atoms with van der Waals surface area (Å²) in [5, 5.41) is 11.8. The molecule has 1 aromatic rings. The van der Waals surface area contributed by atoms with E-state index in [1.165, 1.54) is 0 Å². The monoisotopic (exact) mass is 259 g/mol. The van der Waals surface area contributed by atoms with E-state index in [1.807, 2.05) is 13.0 Å². The minimum absolute atomic E-state index is 0.175. The first kappa shape index (κ1) is 13.4. The van der Waals surface area contributed by atoms with Gasteiger partial charge in [0.1, 0.15) is 5.75 Å². The van der Waals surface area contributed by atoms with Crippen LogP contribution in [0.2, 0.25) is 0 Å². The van der Waals surface area contributed by atoms with Gasteiger partial charge in [-0.2, -0.15) is 5.26 Å². The summed E-state index contributed by atoms with van der Waals surface area (Å²) in [6.07, 6.45) is 0.198. The van der Waals surface area contributed by atoms with Gasteiger partial charge < -0.3 is 15.8 Å². The summed E-state index contributed by atoms with van der Waals surface area (Å²) in [6.45, 7) is 3.62. The number of nitrogens with two attached hydrogens (primary N) is 1. The van der Waals surface area contributed by atoms with Crippen LogP contribution in [0.5, 0.6) is 5.75 Å². The van der Waals surface area contributed by atoms with Crippen molar-refractivity contribution >= 4 is 11.6 Å². The molecular formula is C14H17N3O2. The Morgan fingerprint density at radius 3 is 2.95 bits per heavy atom. The predicted octanol–water partition coefficient (Wildman–Crippen LogP) is 1.96. The summed E-state index contributed by atoms with van der Waals surface area (Å²) in [5.41, 5.74) is 7.52. The van der Waals surface area contributed by atoms with Crippen LogP contribution in [0.1, 0.15) is 31.9 Å². The highest BCUT2D eigenvalue weighted by Gasteiger charge is 2.25. The van der Waals surface area contributed by atoms with E-state index in [9.17, 15) is 4.79 Å². The van der Waals surface area contributed by atoms with Crippen molar-refractivity contribution in [3.8, 4) is 11.8 Å². The van der Waals surface area contributed by atoms with Gasteiger partial charge in [0.05, 0.1) is 17.7 Å². The molecule has 19 heavy (non-hydrogen) atoms. The number of rotatable bonds is 3. The van der Waals surface area contributed by atoms with E-state index in [-0.39, 0.29) is 17.9 Å². The van der Waals surface area contributed by atoms with Gasteiger partial charge >= 0.3 is 0 Å². The summed E-state index contributed by atoms with van der Waals surface area (Å²) >= 11 is 0. The molecule has 5 nitrogen and oxygen atoms in total. The molecule has 3 atom stereocenters. The Morgan fingerprint density at radius 2 is 2.32 bits per heavy atom. The number of benzene rings is 1. The zero-order chi connectivity index (χ0) is 14.0. The largest absolute Gasteiger partial charge is 0.479 e. The van der Waals surface area contributed by atoms with Gasteiger partial charge in [0, 0.05) is 6.04 Å². The fraction of sp³-hybridized carbons (Fsp3) is 0.429. The van der Waals surface area contributed by atoms with Crippen LogP contribution in [-0.2, 0) is 4.79 Å². The highest BCUT2D eigenvalue weighted by molar-refractivity contribution is 5.97. The van der Waals surface area contributed by atoms with Crippen LogP contribution in [0, 0.1) is 17.2 Å². The lowest BCUT2D eigenvalue weighted by Crippen LogP contribution is -2.34. The first-order valence-corrected chi connectivity index (χ1v) is 6.33. The van der Waals surface area contributed by atoms with Crippen molar-refractivity contribution in [2.24, 2.45) is 11.7 Å². The maximum Gasteiger partial charge on any atom is 0.265 e. The van der Waals surface area contributed by atoms with Crippen molar-refractivity contribution in [2.75, 3.05) is 5.32 Å². The molecule has 0 spiro atoms. The second kappa shape index (κ2) is 5.29. The van der Waals surface area contributed by atoms with Crippen molar-refractivity contribution in [2.45, 2.75) is 32.4 Å². The Bertz CT molecular complexity index is 536. The van der Waals surface area contributed by atoms with E-state index in [0.29, 0.717) is 17.9 Å². The normalized spacial score (nSPS) is 20.5. The summed E-state index contributed by atoms with van der Waals surface area (Å²) in [5.74, 6) is 0.218. The van der Waals surface area contributed by atoms with Crippen molar-refractivity contribution in [3.05, 3.63) is 23.8 Å². The molecule has 0 radical (unpaired) electrons. The van der Waals surface area contributed by atoms with Crippen molar-refractivity contribution in [1.29, 1.82) is 5.26 Å². The quantitative estimate of drug-likeness (QED) is 0.868. The number of anilines is 1. The van der Waals surface area contributed by atoms with Gasteiger partial charge in [0.2, 0.25) is 0 Å². The SMILES string of the molecule is CCC(C#N)C(N)c1ccc2c(c1)NC(=O)C(C)O2. The molecule has 1 aliphatic heterocycles. The molecule has 1 heterocycles. The molecule has 100 valence electrons. The molecule has 0 aromatic heterocycles. The number of amides is 1. The molecule has 0 fully saturated rings. The first-order valence-electron chi connectivity index (χ1n) is 6.33. The maximum atomic E-state index is 11.6. The van der Waals surface area contributed by atoms with Crippen LogP contribution in [-0.4, -0.2) is 12.0 Å². The van der Waals surface area contributed by atoms with E-state index >= 15 is 0 Å². The highest BCUT2D eigenvalue weighted by atomic mass is 16.5. The van der Waals surface area contributed by atoms with Crippen LogP contribution in [0.25, 0.3) is 0 Å². The zero-order valence-corrected chi connectivity index (χ0v) is 11.0. The van der Waals surface area contributed by atoms with Gasteiger partial charge in [0.25, 0.3) is 5.91 Å². The van der Waals surface area contributed by atoms with Crippen molar-refractivity contribution in [3.63, 3.8) is 0 Å². The molecule has 1 aromatic carbocycles. The van der Waals surface area contributed by atoms with Gasteiger partial charge in [-0.1, -0.05) is 13.0 Å². The topological polar surface area (TPSA) is 88.1 Å². The molecule has 0 saturated heterocycles. The highest BCUT2D eigenvalue weighted by Crippen LogP contribution is 2.33. The van der Waals surface area contributed by atoms with Crippen LogP contribution in [0.15, 0.2) is 18.2 Å². The summed E-state index contributed by atoms with van der Waals surface area (Å²) in [6, 6.07) is 7.24. The third-order valence-corrected chi connectivity index (χ3v) is 3.36. The Labute approximate surface area is 112 Å². The van der Waals surface area contributed by atoms with E-state index in [1.54, 1.807) is 19.1 Å². The smallest absolute Gasteiger partial charge is 0.265 e. The van der Waals surface area contributed by atoms with Crippen LogP contribution >= 0.6 is 0 Å². The fourth-order valence-corrected chi connectivity index (χ4v) is 2.09. The number of hydrogen-bond acceptors (Lipinski definition) is 4. The summed E-state index contributed by atoms with van der Waals surface area (Å²) in [4.78, 5) is 11.6. The van der Waals surface area contributed by atoms with Crippen molar-refractivity contribution < 1.29 is 9.53 Å². The number of ether oxygens (including phenoxy) is 1. The average Bonchev–Trinajstić information content (AvgIpc) is 2.41. The van der Waals surface area contributed by atoms with Crippen LogP contribution in [0.4, 0.5) is 5.69 Å². The predicted molar refractivity (Wildman–Crippen MR) is 71.5 cm³/mol. The molecule has 3 N–H and O–H groups in total. The number of carbonyl (C=O) groups is 1. The van der Waals surface area contributed by atoms with E-state index < -0.39 is 6.10 Å². The molecule has 5 heteroatoms. The Balaban J connectivity index is 2.29. The maximum absolute atomic E-state index is 11.6. The van der Waals surface area contributed by atoms with E-state index in [0.717, 1.165) is 5.56 Å². The van der Waals surface area contributed by atoms with Crippen molar-refractivity contribution in [1.82, 2.24) is 0 Å². The third-order valence-electron chi connectivity index (χ3n) is 3.36. The lowest BCUT2D eigenvalue weighted by Gasteiger charge is -2.25. The van der Waals surface area contributed by atoms with E-state index in [4.69, 9.17) is 15.7 Å². The molecule has 1 amide bonds. The first-order chi connectivity index (χ1) is 9.06. The van der Waals surface area contributed by atoms with Gasteiger partial charge in [-0.05, 0) is 31.0 Å². The number of nitriles is 1. The standard InChI is InChI=1S/C14H17N3O2/c1-3-9(7-15)13(16)10-4-5-12-11(6-10)17-14(18)8(2)19-12/h4-6,8-9,13H,3,16H2,1-2H3,(H,17,18). The third kappa shape index (κ3) is 2.54. The molecule has 1 aliphatic rings. The molecular weight excluding hydrogens is 242 g/mol. The number of nitrogens with zero attached hydrogens (tertiary/aromatic N) is 1. The lowest BCUT2D eigenvalue weighted by atomic mass is 9.92. The lowest BCUT2D eigenvalue weighted by molar-refractivity contribution is -0.122. The fourth-order valence-electron chi connectivity index (χ4n) is 2.09. The Kier molecular flexibility index (Phi) is 3.72. The Morgan fingerprint density at radius 1 is 1.58 bits per heavy atom. The Hall–Kier alpha value is -2.06. The van der Waals surface area contributed by atoms with E-state index in [2.05, 4.69) is 11.4 Å². The number of hydrogen-bond donors (Lipinski definition) is 2. The number of nitrogens with one attached hydrogen (secondary N) is 1. The second-order valence-electron chi connectivity index (χ2n) is 4.67. The summed E-state index contributed by atoms with van der Waals surface area (Å²) in [7, 11) is 0. The molecule has 0 bridgehead atoms. The average molecular weight is 259 g/mol. The second-order valence-corrected chi connectivity index (χ2v) is 4.67. The minimum Gasteiger partial charge on any atom is -0.479 e. The molecule has 0 saturated carbocycles. The van der Waals surface area contributed by atoms with Gasteiger partial charge in [-0.15, -0.1) is 0 Å². The van der Waals surface area contributed by atoms with Crippen LogP contribution in [0.3, 0.4) is 0 Å². The molecule has 2 rings (SSSR count). The molecule has 0 aliphatic carbocycles. The summed E-state index contributed by atoms with van der Waals surface area (Å²) < 4.78 is 5.47. The zero-order valence-electron chi connectivity index (χ0n) is 11.0. The number of fused-ring (bicyclic) bond motifs is 1.